The molecule has 0 aliphatic rings. The zero-order chi connectivity index (χ0) is 11.4. The Morgan fingerprint density at radius 3 is 3.12 bits per heavy atom. The van der Waals surface area contributed by atoms with Crippen molar-refractivity contribution in [2.24, 2.45) is 0 Å². The van der Waals surface area contributed by atoms with Crippen molar-refractivity contribution in [1.82, 2.24) is 20.2 Å². The molecule has 0 saturated carbocycles. The maximum atomic E-state index is 8.93. The lowest BCUT2D eigenvalue weighted by atomic mass is 10.1. The molecule has 16 heavy (non-hydrogen) atoms. The summed E-state index contributed by atoms with van der Waals surface area (Å²) in [5, 5.41) is 19.8. The molecule has 2 heterocycles. The number of aliphatic hydroxyl groups is 1. The van der Waals surface area contributed by atoms with Gasteiger partial charge in [0.2, 0.25) is 0 Å². The lowest BCUT2D eigenvalue weighted by molar-refractivity contribution is 0.278. The third-order valence-electron chi connectivity index (χ3n) is 2.56. The summed E-state index contributed by atoms with van der Waals surface area (Å²) in [6, 6.07) is 0.220. The Morgan fingerprint density at radius 1 is 1.50 bits per heavy atom. The Bertz CT molecular complexity index is 455. The number of nitrogens with zero attached hydrogens (tertiary/aromatic N) is 3. The van der Waals surface area contributed by atoms with Crippen LogP contribution in [-0.2, 0) is 0 Å². The summed E-state index contributed by atoms with van der Waals surface area (Å²) in [5.74, 6) is 0.763. The molecule has 0 fully saturated rings. The minimum atomic E-state index is 0.172. The molecule has 2 rings (SSSR count). The Labute approximate surface area is 93.1 Å². The average molecular weight is 221 g/mol. The number of rotatable bonds is 5. The van der Waals surface area contributed by atoms with E-state index in [0.717, 1.165) is 23.3 Å². The highest BCUT2D eigenvalue weighted by molar-refractivity contribution is 5.85. The predicted octanol–water partition coefficient (Wildman–Crippen LogP) is 0.926. The van der Waals surface area contributed by atoms with Crippen LogP contribution in [0.2, 0.25) is 0 Å². The first-order valence-electron chi connectivity index (χ1n) is 5.36. The van der Waals surface area contributed by atoms with Gasteiger partial charge in [-0.1, -0.05) is 6.92 Å². The molecule has 1 unspecified atom stereocenters. The van der Waals surface area contributed by atoms with Gasteiger partial charge < -0.3 is 10.4 Å². The van der Waals surface area contributed by atoms with Crippen molar-refractivity contribution < 1.29 is 5.11 Å². The van der Waals surface area contributed by atoms with Crippen LogP contribution in [0.4, 0.5) is 5.82 Å². The maximum Gasteiger partial charge on any atom is 0.160 e. The fraction of sp³-hybridized carbons (Fsp3) is 0.500. The molecule has 6 heteroatoms. The Hall–Kier alpha value is -1.69. The van der Waals surface area contributed by atoms with Crippen molar-refractivity contribution in [2.45, 2.75) is 25.8 Å². The third-order valence-corrected chi connectivity index (χ3v) is 2.56. The molecule has 0 aliphatic heterocycles. The maximum absolute atomic E-state index is 8.93. The van der Waals surface area contributed by atoms with Crippen LogP contribution >= 0.6 is 0 Å². The molecular formula is C10H15N5O. The molecule has 0 radical (unpaired) electrons. The van der Waals surface area contributed by atoms with Gasteiger partial charge in [-0.05, 0) is 12.8 Å². The Kier molecular flexibility index (Phi) is 3.31. The van der Waals surface area contributed by atoms with E-state index >= 15 is 0 Å². The second kappa shape index (κ2) is 4.89. The van der Waals surface area contributed by atoms with Crippen LogP contribution in [0.5, 0.6) is 0 Å². The molecule has 0 bridgehead atoms. The minimum absolute atomic E-state index is 0.172. The number of anilines is 1. The van der Waals surface area contributed by atoms with E-state index in [4.69, 9.17) is 5.11 Å². The average Bonchev–Trinajstić information content (AvgIpc) is 2.77. The van der Waals surface area contributed by atoms with Crippen LogP contribution in [0.3, 0.4) is 0 Å². The molecule has 2 aromatic heterocycles. The third kappa shape index (κ3) is 2.11. The normalized spacial score (nSPS) is 12.9. The van der Waals surface area contributed by atoms with Crippen LogP contribution in [0.25, 0.3) is 11.0 Å². The van der Waals surface area contributed by atoms with Gasteiger partial charge in [-0.2, -0.15) is 5.10 Å². The van der Waals surface area contributed by atoms with Crippen LogP contribution in [0.15, 0.2) is 12.5 Å². The van der Waals surface area contributed by atoms with Crippen molar-refractivity contribution in [3.05, 3.63) is 12.5 Å². The van der Waals surface area contributed by atoms with Crippen molar-refractivity contribution in [1.29, 1.82) is 0 Å². The van der Waals surface area contributed by atoms with E-state index in [9.17, 15) is 0 Å². The Morgan fingerprint density at radius 2 is 2.38 bits per heavy atom. The van der Waals surface area contributed by atoms with Crippen LogP contribution in [-0.4, -0.2) is 37.9 Å². The van der Waals surface area contributed by atoms with Crippen LogP contribution in [0.1, 0.15) is 19.8 Å². The number of aromatic nitrogens is 4. The summed E-state index contributed by atoms with van der Waals surface area (Å²) in [7, 11) is 0. The molecular weight excluding hydrogens is 206 g/mol. The molecule has 3 N–H and O–H groups in total. The minimum Gasteiger partial charge on any atom is -0.396 e. The highest BCUT2D eigenvalue weighted by Crippen LogP contribution is 2.18. The fourth-order valence-corrected chi connectivity index (χ4v) is 1.61. The SMILES string of the molecule is CCC(CCO)Nc1ncnc2[nH]ncc12. The van der Waals surface area contributed by atoms with Gasteiger partial charge in [0.25, 0.3) is 0 Å². The van der Waals surface area contributed by atoms with E-state index < -0.39 is 0 Å². The van der Waals surface area contributed by atoms with E-state index in [2.05, 4.69) is 32.4 Å². The van der Waals surface area contributed by atoms with Crippen LogP contribution in [0, 0.1) is 0 Å². The van der Waals surface area contributed by atoms with Gasteiger partial charge in [0.15, 0.2) is 5.65 Å². The molecule has 0 amide bonds. The summed E-state index contributed by atoms with van der Waals surface area (Å²) >= 11 is 0. The lowest BCUT2D eigenvalue weighted by Crippen LogP contribution is -2.20. The largest absolute Gasteiger partial charge is 0.396 e. The van der Waals surface area contributed by atoms with Crippen molar-refractivity contribution in [2.75, 3.05) is 11.9 Å². The first kappa shape index (κ1) is 10.8. The van der Waals surface area contributed by atoms with E-state index in [0.29, 0.717) is 6.42 Å². The topological polar surface area (TPSA) is 86.7 Å². The summed E-state index contributed by atoms with van der Waals surface area (Å²) in [6.07, 6.45) is 4.83. The van der Waals surface area contributed by atoms with Crippen molar-refractivity contribution >= 4 is 16.9 Å². The molecule has 1 atom stereocenters. The summed E-state index contributed by atoms with van der Waals surface area (Å²) in [6.45, 7) is 2.24. The number of aromatic amines is 1. The number of H-pyrrole nitrogens is 1. The quantitative estimate of drug-likeness (QED) is 0.699. The highest BCUT2D eigenvalue weighted by atomic mass is 16.3. The predicted molar refractivity (Wildman–Crippen MR) is 61.1 cm³/mol. The van der Waals surface area contributed by atoms with Crippen molar-refractivity contribution in [3.63, 3.8) is 0 Å². The molecule has 0 aromatic carbocycles. The van der Waals surface area contributed by atoms with Gasteiger partial charge in [0, 0.05) is 12.6 Å². The molecule has 2 aromatic rings. The number of hydrogen-bond acceptors (Lipinski definition) is 5. The second-order valence-corrected chi connectivity index (χ2v) is 3.62. The standard InChI is InChI=1S/C10H15N5O/c1-2-7(3-4-16)14-9-8-5-13-15-10(8)12-6-11-9/h5-7,16H,2-4H2,1H3,(H2,11,12,13,14,15). The summed E-state index contributed by atoms with van der Waals surface area (Å²) < 4.78 is 0. The van der Waals surface area contributed by atoms with Gasteiger partial charge in [-0.3, -0.25) is 5.10 Å². The zero-order valence-corrected chi connectivity index (χ0v) is 9.14. The van der Waals surface area contributed by atoms with Gasteiger partial charge in [-0.15, -0.1) is 0 Å². The van der Waals surface area contributed by atoms with E-state index in [-0.39, 0.29) is 12.6 Å². The number of aliphatic hydroxyl groups excluding tert-OH is 1. The van der Waals surface area contributed by atoms with E-state index in [1.165, 1.54) is 6.33 Å². The smallest absolute Gasteiger partial charge is 0.160 e. The van der Waals surface area contributed by atoms with Gasteiger partial charge >= 0.3 is 0 Å². The number of hydrogen-bond donors (Lipinski definition) is 3. The highest BCUT2D eigenvalue weighted by Gasteiger charge is 2.10. The van der Waals surface area contributed by atoms with E-state index in [1.807, 2.05) is 0 Å². The lowest BCUT2D eigenvalue weighted by Gasteiger charge is -2.16. The molecule has 0 saturated heterocycles. The fourth-order valence-electron chi connectivity index (χ4n) is 1.61. The Balaban J connectivity index is 2.22. The van der Waals surface area contributed by atoms with Gasteiger partial charge in [0.05, 0.1) is 11.6 Å². The molecule has 6 nitrogen and oxygen atoms in total. The molecule has 0 aliphatic carbocycles. The first-order valence-corrected chi connectivity index (χ1v) is 5.36. The number of nitrogens with one attached hydrogen (secondary N) is 2. The first-order chi connectivity index (χ1) is 7.85. The number of fused-ring (bicyclic) bond motifs is 1. The monoisotopic (exact) mass is 221 g/mol. The van der Waals surface area contributed by atoms with Gasteiger partial charge in [-0.25, -0.2) is 9.97 Å². The zero-order valence-electron chi connectivity index (χ0n) is 9.14. The van der Waals surface area contributed by atoms with Crippen molar-refractivity contribution in [3.8, 4) is 0 Å². The molecule has 86 valence electrons. The van der Waals surface area contributed by atoms with E-state index in [1.54, 1.807) is 6.20 Å². The second-order valence-electron chi connectivity index (χ2n) is 3.62. The van der Waals surface area contributed by atoms with Crippen LogP contribution < -0.4 is 5.32 Å². The summed E-state index contributed by atoms with van der Waals surface area (Å²) in [4.78, 5) is 8.25. The molecule has 0 spiro atoms. The van der Waals surface area contributed by atoms with Gasteiger partial charge in [0.1, 0.15) is 12.1 Å². The summed E-state index contributed by atoms with van der Waals surface area (Å²) in [5.41, 5.74) is 0.719.